The van der Waals surface area contributed by atoms with Crippen molar-refractivity contribution < 1.29 is 13.2 Å². The van der Waals surface area contributed by atoms with Gasteiger partial charge in [-0.1, -0.05) is 0 Å². The summed E-state index contributed by atoms with van der Waals surface area (Å²) in [5.41, 5.74) is 0. The van der Waals surface area contributed by atoms with Gasteiger partial charge in [-0.15, -0.1) is 11.3 Å². The fourth-order valence-corrected chi connectivity index (χ4v) is 4.22. The van der Waals surface area contributed by atoms with E-state index in [1.165, 1.54) is 12.1 Å². The predicted octanol–water partition coefficient (Wildman–Crippen LogP) is 1.47. The van der Waals surface area contributed by atoms with Gasteiger partial charge in [0.25, 0.3) is 0 Å². The van der Waals surface area contributed by atoms with E-state index in [1.807, 2.05) is 13.0 Å². The number of thiophene rings is 1. The molecule has 7 heteroatoms. The summed E-state index contributed by atoms with van der Waals surface area (Å²) in [6.07, 6.45) is 1.59. The Morgan fingerprint density at radius 2 is 2.28 bits per heavy atom. The van der Waals surface area contributed by atoms with Crippen molar-refractivity contribution in [1.82, 2.24) is 4.72 Å². The average Bonchev–Trinajstić information content (AvgIpc) is 2.75. The fourth-order valence-electron chi connectivity index (χ4n) is 1.84. The van der Waals surface area contributed by atoms with Gasteiger partial charge in [0.15, 0.2) is 0 Å². The van der Waals surface area contributed by atoms with E-state index in [-0.39, 0.29) is 16.4 Å². The van der Waals surface area contributed by atoms with Gasteiger partial charge in [0.2, 0.25) is 10.0 Å². The van der Waals surface area contributed by atoms with Gasteiger partial charge in [0, 0.05) is 12.6 Å². The number of nitrogens with one attached hydrogen (secondary N) is 1. The van der Waals surface area contributed by atoms with Crippen LogP contribution < -0.4 is 4.72 Å². The summed E-state index contributed by atoms with van der Waals surface area (Å²) < 4.78 is 32.2. The molecular formula is C11H14N2O3S2. The molecule has 0 atom stereocenters. The quantitative estimate of drug-likeness (QED) is 0.889. The fraction of sp³-hybridized carbons (Fsp3) is 0.545. The van der Waals surface area contributed by atoms with Crippen LogP contribution in [0.1, 0.15) is 24.6 Å². The molecule has 1 aliphatic carbocycles. The van der Waals surface area contributed by atoms with Crippen LogP contribution in [-0.4, -0.2) is 27.2 Å². The van der Waals surface area contributed by atoms with Gasteiger partial charge in [-0.05, 0) is 31.9 Å². The monoisotopic (exact) mass is 286 g/mol. The molecule has 0 bridgehead atoms. The summed E-state index contributed by atoms with van der Waals surface area (Å²) in [5.74, 6) is 0. The zero-order valence-corrected chi connectivity index (χ0v) is 11.6. The van der Waals surface area contributed by atoms with Crippen LogP contribution in [0.25, 0.3) is 0 Å². The van der Waals surface area contributed by atoms with E-state index in [9.17, 15) is 8.42 Å². The number of rotatable bonds is 5. The lowest BCUT2D eigenvalue weighted by molar-refractivity contribution is -0.00474. The minimum atomic E-state index is -3.49. The molecule has 18 heavy (non-hydrogen) atoms. The molecule has 98 valence electrons. The number of nitrogens with zero attached hydrogens (tertiary/aromatic N) is 1. The molecule has 2 rings (SSSR count). The van der Waals surface area contributed by atoms with E-state index in [0.29, 0.717) is 24.3 Å². The molecule has 0 amide bonds. The molecule has 0 radical (unpaired) electrons. The third kappa shape index (κ3) is 2.90. The SMILES string of the molecule is CCOC1CC(NS(=O)(=O)c2ccc(C#N)s2)C1. The van der Waals surface area contributed by atoms with Crippen molar-refractivity contribution in [3.8, 4) is 6.07 Å². The number of nitriles is 1. The smallest absolute Gasteiger partial charge is 0.250 e. The second-order valence-electron chi connectivity index (χ2n) is 4.10. The van der Waals surface area contributed by atoms with Gasteiger partial charge in [-0.25, -0.2) is 13.1 Å². The molecule has 0 spiro atoms. The number of hydrogen-bond donors (Lipinski definition) is 1. The first-order valence-corrected chi connectivity index (χ1v) is 7.99. The molecule has 1 fully saturated rings. The summed E-state index contributed by atoms with van der Waals surface area (Å²) in [6.45, 7) is 2.58. The van der Waals surface area contributed by atoms with Crippen molar-refractivity contribution in [2.24, 2.45) is 0 Å². The van der Waals surface area contributed by atoms with Gasteiger partial charge < -0.3 is 4.74 Å². The average molecular weight is 286 g/mol. The molecule has 1 aromatic heterocycles. The van der Waals surface area contributed by atoms with Crippen LogP contribution in [0.3, 0.4) is 0 Å². The van der Waals surface area contributed by atoms with Crippen molar-refractivity contribution in [2.75, 3.05) is 6.61 Å². The minimum Gasteiger partial charge on any atom is -0.378 e. The molecule has 1 N–H and O–H groups in total. The van der Waals surface area contributed by atoms with Crippen molar-refractivity contribution in [2.45, 2.75) is 36.1 Å². The van der Waals surface area contributed by atoms with Crippen LogP contribution in [0.4, 0.5) is 0 Å². The molecule has 1 aliphatic rings. The van der Waals surface area contributed by atoms with E-state index in [1.54, 1.807) is 0 Å². The van der Waals surface area contributed by atoms with Crippen LogP contribution in [-0.2, 0) is 14.8 Å². The first kappa shape index (κ1) is 13.5. The Labute approximate surface area is 110 Å². The summed E-state index contributed by atoms with van der Waals surface area (Å²) in [5, 5.41) is 8.68. The Bertz CT molecular complexity index is 553. The Morgan fingerprint density at radius 1 is 1.56 bits per heavy atom. The second kappa shape index (κ2) is 5.36. The largest absolute Gasteiger partial charge is 0.378 e. The number of sulfonamides is 1. The van der Waals surface area contributed by atoms with Crippen LogP contribution in [0, 0.1) is 11.3 Å². The maximum atomic E-state index is 12.0. The minimum absolute atomic E-state index is 0.0563. The predicted molar refractivity (Wildman–Crippen MR) is 67.8 cm³/mol. The maximum absolute atomic E-state index is 12.0. The lowest BCUT2D eigenvalue weighted by Crippen LogP contribution is -2.47. The Hall–Kier alpha value is -0.940. The molecule has 0 unspecified atom stereocenters. The van der Waals surface area contributed by atoms with Crippen LogP contribution in [0.2, 0.25) is 0 Å². The third-order valence-electron chi connectivity index (χ3n) is 2.78. The number of ether oxygens (including phenoxy) is 1. The lowest BCUT2D eigenvalue weighted by Gasteiger charge is -2.34. The van der Waals surface area contributed by atoms with Gasteiger partial charge in [-0.3, -0.25) is 0 Å². The summed E-state index contributed by atoms with van der Waals surface area (Å²) in [4.78, 5) is 0.399. The Balaban J connectivity index is 1.95. The van der Waals surface area contributed by atoms with Crippen LogP contribution in [0.5, 0.6) is 0 Å². The first-order chi connectivity index (χ1) is 8.55. The van der Waals surface area contributed by atoms with Crippen molar-refractivity contribution >= 4 is 21.4 Å². The zero-order valence-electron chi connectivity index (χ0n) is 9.92. The second-order valence-corrected chi connectivity index (χ2v) is 7.12. The van der Waals surface area contributed by atoms with E-state index in [2.05, 4.69) is 4.72 Å². The first-order valence-electron chi connectivity index (χ1n) is 5.69. The summed E-state index contributed by atoms with van der Waals surface area (Å²) in [6, 6.07) is 4.85. The Kier molecular flexibility index (Phi) is 4.02. The highest BCUT2D eigenvalue weighted by Crippen LogP contribution is 2.27. The van der Waals surface area contributed by atoms with E-state index in [4.69, 9.17) is 10.00 Å². The van der Waals surface area contributed by atoms with Crippen molar-refractivity contribution in [3.05, 3.63) is 17.0 Å². The summed E-state index contributed by atoms with van der Waals surface area (Å²) >= 11 is 0.985. The lowest BCUT2D eigenvalue weighted by atomic mass is 9.90. The molecule has 5 nitrogen and oxygen atoms in total. The third-order valence-corrected chi connectivity index (χ3v) is 5.78. The maximum Gasteiger partial charge on any atom is 0.250 e. The van der Waals surface area contributed by atoms with Gasteiger partial charge in [-0.2, -0.15) is 5.26 Å². The van der Waals surface area contributed by atoms with Crippen molar-refractivity contribution in [3.63, 3.8) is 0 Å². The van der Waals surface area contributed by atoms with Gasteiger partial charge in [0.1, 0.15) is 15.2 Å². The normalized spacial score (nSPS) is 23.3. The standard InChI is InChI=1S/C11H14N2O3S2/c1-2-16-9-5-8(6-9)13-18(14,15)11-4-3-10(7-12)17-11/h3-4,8-9,13H,2,5-6H2,1H3. The highest BCUT2D eigenvalue weighted by molar-refractivity contribution is 7.91. The van der Waals surface area contributed by atoms with E-state index < -0.39 is 10.0 Å². The van der Waals surface area contributed by atoms with Crippen molar-refractivity contribution in [1.29, 1.82) is 5.26 Å². The highest BCUT2D eigenvalue weighted by atomic mass is 32.2. The molecule has 1 aromatic rings. The van der Waals surface area contributed by atoms with Gasteiger partial charge in [0.05, 0.1) is 6.10 Å². The summed E-state index contributed by atoms with van der Waals surface area (Å²) in [7, 11) is -3.49. The molecule has 1 saturated carbocycles. The molecule has 1 heterocycles. The Morgan fingerprint density at radius 3 is 2.83 bits per heavy atom. The highest BCUT2D eigenvalue weighted by Gasteiger charge is 2.33. The molecule has 0 saturated heterocycles. The van der Waals surface area contributed by atoms with Gasteiger partial charge >= 0.3 is 0 Å². The zero-order chi connectivity index (χ0) is 13.2. The van der Waals surface area contributed by atoms with E-state index >= 15 is 0 Å². The number of hydrogen-bond acceptors (Lipinski definition) is 5. The van der Waals surface area contributed by atoms with Crippen LogP contribution in [0.15, 0.2) is 16.3 Å². The molecule has 0 aromatic carbocycles. The van der Waals surface area contributed by atoms with E-state index in [0.717, 1.165) is 11.3 Å². The molecule has 0 aliphatic heterocycles. The van der Waals surface area contributed by atoms with Crippen LogP contribution >= 0.6 is 11.3 Å². The topological polar surface area (TPSA) is 79.2 Å². The molecular weight excluding hydrogens is 272 g/mol.